The van der Waals surface area contributed by atoms with Crippen LogP contribution < -0.4 is 0 Å². The van der Waals surface area contributed by atoms with Crippen LogP contribution in [-0.2, 0) is 24.3 Å². The van der Waals surface area contributed by atoms with Gasteiger partial charge < -0.3 is 4.90 Å². The van der Waals surface area contributed by atoms with Gasteiger partial charge in [-0.1, -0.05) is 0 Å². The molecular weight excluding hydrogens is 268 g/mol. The van der Waals surface area contributed by atoms with Gasteiger partial charge in [-0.05, 0) is 7.05 Å². The Morgan fingerprint density at radius 3 is 2.24 bits per heavy atom. The summed E-state index contributed by atoms with van der Waals surface area (Å²) in [7, 11) is -5.03. The Hall–Kier alpha value is -0.220. The molecule has 1 aliphatic rings. The zero-order valence-electron chi connectivity index (χ0n) is 10.2. The first-order chi connectivity index (χ1) is 7.59. The van der Waals surface area contributed by atoms with E-state index < -0.39 is 26.2 Å². The normalized spacial score (nSPS) is 25.0. The van der Waals surface area contributed by atoms with E-state index in [1.54, 1.807) is 0 Å². The monoisotopic (exact) mass is 286 g/mol. The van der Waals surface area contributed by atoms with E-state index in [1.165, 1.54) is 4.31 Å². The molecule has 1 saturated heterocycles. The van der Waals surface area contributed by atoms with Gasteiger partial charge in [-0.15, -0.1) is 0 Å². The lowest BCUT2D eigenvalue weighted by Gasteiger charge is -2.37. The van der Waals surface area contributed by atoms with Crippen LogP contribution in [0.2, 0.25) is 0 Å². The van der Waals surface area contributed by atoms with Gasteiger partial charge in [0.1, 0.15) is 0 Å². The number of sulfonamides is 1. The second kappa shape index (κ2) is 5.19. The lowest BCUT2D eigenvalue weighted by Crippen LogP contribution is -2.55. The number of rotatable bonds is 4. The zero-order chi connectivity index (χ0) is 13.3. The van der Waals surface area contributed by atoms with Gasteiger partial charge in [0.15, 0.2) is 0 Å². The van der Waals surface area contributed by atoms with Crippen LogP contribution in [0.1, 0.15) is 0 Å². The van der Waals surface area contributed by atoms with Gasteiger partial charge in [0.25, 0.3) is 10.1 Å². The second-order valence-corrected chi connectivity index (χ2v) is 7.86. The molecular formula is C8H18N2O5S2. The number of hydrogen-bond acceptors (Lipinski definition) is 6. The van der Waals surface area contributed by atoms with Crippen LogP contribution in [-0.4, -0.2) is 77.9 Å². The van der Waals surface area contributed by atoms with E-state index in [4.69, 9.17) is 0 Å². The highest BCUT2D eigenvalue weighted by atomic mass is 32.2. The molecule has 1 aliphatic heterocycles. The van der Waals surface area contributed by atoms with Crippen LogP contribution in [0.4, 0.5) is 0 Å². The third kappa shape index (κ3) is 4.88. The van der Waals surface area contributed by atoms with E-state index >= 15 is 0 Å². The van der Waals surface area contributed by atoms with Crippen molar-refractivity contribution in [2.75, 3.05) is 45.8 Å². The zero-order valence-corrected chi connectivity index (χ0v) is 11.8. The average molecular weight is 286 g/mol. The molecule has 0 saturated carbocycles. The fraction of sp³-hybridized carbons (Fsp3) is 1.00. The summed E-state index contributed by atoms with van der Waals surface area (Å²) in [6.45, 7) is 1.30. The number of nitrogens with zero attached hydrogens (tertiary/aromatic N) is 2. The molecule has 102 valence electrons. The van der Waals surface area contributed by atoms with E-state index in [0.717, 1.165) is 12.5 Å². The molecule has 0 bridgehead atoms. The van der Waals surface area contributed by atoms with E-state index in [2.05, 4.69) is 4.18 Å². The number of likely N-dealkylation sites (N-methyl/N-ethyl adjacent to an activating group) is 1. The Kier molecular flexibility index (Phi) is 4.53. The molecule has 1 rings (SSSR count). The number of hydrogen-bond donors (Lipinski definition) is 0. The first-order valence-corrected chi connectivity index (χ1v) is 8.76. The molecule has 1 unspecified atom stereocenters. The molecule has 9 heteroatoms. The van der Waals surface area contributed by atoms with E-state index in [9.17, 15) is 16.8 Å². The van der Waals surface area contributed by atoms with Crippen molar-refractivity contribution in [1.82, 2.24) is 9.21 Å². The summed E-state index contributed by atoms with van der Waals surface area (Å²) in [4.78, 5) is 1.94. The lowest BCUT2D eigenvalue weighted by molar-refractivity contribution is 0.119. The van der Waals surface area contributed by atoms with E-state index in [0.29, 0.717) is 19.6 Å². The van der Waals surface area contributed by atoms with Crippen molar-refractivity contribution < 1.29 is 21.0 Å². The van der Waals surface area contributed by atoms with Crippen molar-refractivity contribution in [1.29, 1.82) is 0 Å². The maximum absolute atomic E-state index is 11.5. The third-order valence-corrected chi connectivity index (χ3v) is 4.43. The molecule has 0 spiro atoms. The molecule has 0 aromatic heterocycles. The van der Waals surface area contributed by atoms with Crippen molar-refractivity contribution in [3.63, 3.8) is 0 Å². The Bertz CT molecular complexity index is 458. The molecule has 0 radical (unpaired) electrons. The van der Waals surface area contributed by atoms with Gasteiger partial charge in [-0.3, -0.25) is 4.18 Å². The van der Waals surface area contributed by atoms with Crippen molar-refractivity contribution in [2.24, 2.45) is 0 Å². The minimum Gasteiger partial charge on any atom is -0.303 e. The summed E-state index contributed by atoms with van der Waals surface area (Å²) >= 11 is 0. The lowest BCUT2D eigenvalue weighted by atomic mass is 10.2. The Morgan fingerprint density at radius 2 is 1.76 bits per heavy atom. The van der Waals surface area contributed by atoms with Gasteiger partial charge in [0.2, 0.25) is 10.0 Å². The number of piperazine rings is 1. The fourth-order valence-corrected chi connectivity index (χ4v) is 3.26. The van der Waals surface area contributed by atoms with Crippen LogP contribution in [0, 0.1) is 0 Å². The van der Waals surface area contributed by atoms with Gasteiger partial charge in [-0.25, -0.2) is 8.42 Å². The maximum atomic E-state index is 11.5. The second-order valence-electron chi connectivity index (χ2n) is 4.28. The van der Waals surface area contributed by atoms with Gasteiger partial charge in [0, 0.05) is 19.6 Å². The molecule has 17 heavy (non-hydrogen) atoms. The highest BCUT2D eigenvalue weighted by molar-refractivity contribution is 7.88. The Labute approximate surface area is 103 Å². The summed E-state index contributed by atoms with van der Waals surface area (Å²) in [6.07, 6.45) is 2.07. The highest BCUT2D eigenvalue weighted by Crippen LogP contribution is 2.13. The maximum Gasteiger partial charge on any atom is 0.264 e. The first kappa shape index (κ1) is 14.8. The molecule has 1 atom stereocenters. The smallest absolute Gasteiger partial charge is 0.264 e. The van der Waals surface area contributed by atoms with E-state index in [1.807, 2.05) is 11.9 Å². The largest absolute Gasteiger partial charge is 0.303 e. The van der Waals surface area contributed by atoms with Crippen molar-refractivity contribution in [3.8, 4) is 0 Å². The molecule has 0 aliphatic carbocycles. The summed E-state index contributed by atoms with van der Waals surface area (Å²) in [5.74, 6) is 0. The quantitative estimate of drug-likeness (QED) is 0.587. The summed E-state index contributed by atoms with van der Waals surface area (Å²) in [5.41, 5.74) is 0. The SMILES string of the molecule is CN1CCN(S(C)(=O)=O)C(COS(C)(=O)=O)C1. The summed E-state index contributed by atoms with van der Waals surface area (Å²) < 4.78 is 50.8. The Balaban J connectivity index is 2.76. The van der Waals surface area contributed by atoms with Crippen molar-refractivity contribution in [2.45, 2.75) is 6.04 Å². The minimum absolute atomic E-state index is 0.143. The van der Waals surface area contributed by atoms with Crippen LogP contribution in [0.15, 0.2) is 0 Å². The predicted octanol–water partition coefficient (Wildman–Crippen LogP) is -1.46. The van der Waals surface area contributed by atoms with Gasteiger partial charge in [-0.2, -0.15) is 12.7 Å². The molecule has 0 amide bonds. The van der Waals surface area contributed by atoms with Crippen LogP contribution in [0.5, 0.6) is 0 Å². The third-order valence-electron chi connectivity index (χ3n) is 2.53. The summed E-state index contributed by atoms with van der Waals surface area (Å²) in [6, 6.07) is -0.460. The molecule has 0 N–H and O–H groups in total. The average Bonchev–Trinajstić information content (AvgIpc) is 2.11. The highest BCUT2D eigenvalue weighted by Gasteiger charge is 2.32. The summed E-state index contributed by atoms with van der Waals surface area (Å²) in [5, 5.41) is 0. The predicted molar refractivity (Wildman–Crippen MR) is 63.6 cm³/mol. The Morgan fingerprint density at radius 1 is 1.18 bits per heavy atom. The van der Waals surface area contributed by atoms with Crippen molar-refractivity contribution in [3.05, 3.63) is 0 Å². The molecule has 0 aromatic rings. The molecule has 1 heterocycles. The first-order valence-electron chi connectivity index (χ1n) is 5.09. The van der Waals surface area contributed by atoms with Crippen LogP contribution >= 0.6 is 0 Å². The van der Waals surface area contributed by atoms with Crippen LogP contribution in [0.3, 0.4) is 0 Å². The standard InChI is InChI=1S/C8H18N2O5S2/c1-9-4-5-10(16(2,11)12)8(6-9)7-15-17(3,13)14/h8H,4-7H2,1-3H3. The molecule has 7 nitrogen and oxygen atoms in total. The van der Waals surface area contributed by atoms with Gasteiger partial charge in [0.05, 0.1) is 25.2 Å². The van der Waals surface area contributed by atoms with Crippen molar-refractivity contribution >= 4 is 20.1 Å². The van der Waals surface area contributed by atoms with Gasteiger partial charge >= 0.3 is 0 Å². The fourth-order valence-electron chi connectivity index (χ4n) is 1.77. The topological polar surface area (TPSA) is 84.0 Å². The van der Waals surface area contributed by atoms with E-state index in [-0.39, 0.29) is 6.61 Å². The molecule has 1 fully saturated rings. The molecule has 0 aromatic carbocycles. The minimum atomic E-state index is -3.55. The van der Waals surface area contributed by atoms with Crippen LogP contribution in [0.25, 0.3) is 0 Å².